The van der Waals surface area contributed by atoms with Crippen molar-refractivity contribution in [3.63, 3.8) is 0 Å². The van der Waals surface area contributed by atoms with E-state index in [-0.39, 0.29) is 24.3 Å². The van der Waals surface area contributed by atoms with Gasteiger partial charge >= 0.3 is 0 Å². The minimum absolute atomic E-state index is 0.0629. The number of hydrogen-bond acceptors (Lipinski definition) is 5. The quantitative estimate of drug-likeness (QED) is 0.449. The molecule has 2 heterocycles. The molecule has 2 aromatic carbocycles. The lowest BCUT2D eigenvalue weighted by Crippen LogP contribution is -2.67. The first-order valence-electron chi connectivity index (χ1n) is 12.6. The molecule has 2 aliphatic rings. The van der Waals surface area contributed by atoms with Gasteiger partial charge in [-0.1, -0.05) is 19.9 Å². The molecule has 3 N–H and O–H groups in total. The van der Waals surface area contributed by atoms with Crippen molar-refractivity contribution >= 4 is 17.3 Å². The average Bonchev–Trinajstić information content (AvgIpc) is 2.86. The van der Waals surface area contributed by atoms with E-state index in [0.717, 1.165) is 45.1 Å². The first-order chi connectivity index (χ1) is 17.3. The van der Waals surface area contributed by atoms with Crippen molar-refractivity contribution in [3.05, 3.63) is 58.9 Å². The van der Waals surface area contributed by atoms with Crippen LogP contribution in [0.2, 0.25) is 0 Å². The molecule has 0 bridgehead atoms. The number of rotatable bonds is 8. The SMILES string of the molecule is CC.Cc1ccc(Nc2c(C(=O)N3CC(O)(CNCCC4CCOCC4)C3)ccc(F)c2F)c(F)c1. The number of nitrogens with zero attached hydrogens (tertiary/aromatic N) is 1. The van der Waals surface area contributed by atoms with Gasteiger partial charge in [0.2, 0.25) is 0 Å². The van der Waals surface area contributed by atoms with Gasteiger partial charge in [-0.25, -0.2) is 13.2 Å². The molecular formula is C27H36F3N3O3. The van der Waals surface area contributed by atoms with Gasteiger partial charge in [-0.05, 0) is 68.5 Å². The van der Waals surface area contributed by atoms with E-state index in [4.69, 9.17) is 4.74 Å². The number of likely N-dealkylation sites (tertiary alicyclic amines) is 1. The summed E-state index contributed by atoms with van der Waals surface area (Å²) in [7, 11) is 0. The second-order valence-corrected chi connectivity index (χ2v) is 9.30. The molecule has 1 amide bonds. The fraction of sp³-hybridized carbons (Fsp3) is 0.519. The highest BCUT2D eigenvalue weighted by atomic mass is 19.2. The fourth-order valence-electron chi connectivity index (χ4n) is 4.46. The number of aryl methyl sites for hydroxylation is 1. The molecule has 6 nitrogen and oxygen atoms in total. The van der Waals surface area contributed by atoms with E-state index >= 15 is 0 Å². The van der Waals surface area contributed by atoms with Crippen molar-refractivity contribution in [2.75, 3.05) is 44.7 Å². The molecule has 0 radical (unpaired) electrons. The van der Waals surface area contributed by atoms with Gasteiger partial charge in [0.15, 0.2) is 11.6 Å². The smallest absolute Gasteiger partial charge is 0.256 e. The van der Waals surface area contributed by atoms with Crippen LogP contribution in [-0.2, 0) is 4.74 Å². The van der Waals surface area contributed by atoms with Gasteiger partial charge in [0, 0.05) is 19.8 Å². The maximum Gasteiger partial charge on any atom is 0.256 e. The molecule has 0 saturated carbocycles. The highest BCUT2D eigenvalue weighted by Crippen LogP contribution is 2.31. The van der Waals surface area contributed by atoms with E-state index in [2.05, 4.69) is 10.6 Å². The zero-order chi connectivity index (χ0) is 26.3. The van der Waals surface area contributed by atoms with Crippen LogP contribution in [0, 0.1) is 30.3 Å². The third-order valence-electron chi connectivity index (χ3n) is 6.49. The van der Waals surface area contributed by atoms with Crippen molar-refractivity contribution in [2.24, 2.45) is 5.92 Å². The molecule has 2 aromatic rings. The Bertz CT molecular complexity index is 1040. The Kier molecular flexibility index (Phi) is 9.76. The van der Waals surface area contributed by atoms with Crippen molar-refractivity contribution in [1.29, 1.82) is 0 Å². The van der Waals surface area contributed by atoms with E-state index in [1.807, 2.05) is 13.8 Å². The van der Waals surface area contributed by atoms with E-state index in [9.17, 15) is 23.1 Å². The number of carbonyl (C=O) groups is 1. The number of anilines is 2. The maximum atomic E-state index is 14.6. The van der Waals surface area contributed by atoms with Gasteiger partial charge in [-0.3, -0.25) is 4.79 Å². The number of carbonyl (C=O) groups excluding carboxylic acids is 1. The van der Waals surface area contributed by atoms with Gasteiger partial charge in [0.25, 0.3) is 5.91 Å². The predicted octanol–water partition coefficient (Wildman–Crippen LogP) is 4.78. The number of aliphatic hydroxyl groups is 1. The third kappa shape index (κ3) is 6.78. The summed E-state index contributed by atoms with van der Waals surface area (Å²) in [6, 6.07) is 6.31. The Labute approximate surface area is 210 Å². The summed E-state index contributed by atoms with van der Waals surface area (Å²) in [4.78, 5) is 14.4. The summed E-state index contributed by atoms with van der Waals surface area (Å²) in [5.41, 5.74) is -1.05. The van der Waals surface area contributed by atoms with Crippen LogP contribution in [0.4, 0.5) is 24.5 Å². The Hall–Kier alpha value is -2.62. The average molecular weight is 508 g/mol. The van der Waals surface area contributed by atoms with Crippen LogP contribution in [0.1, 0.15) is 49.0 Å². The molecule has 0 spiro atoms. The van der Waals surface area contributed by atoms with E-state index in [0.29, 0.717) is 18.0 Å². The lowest BCUT2D eigenvalue weighted by Gasteiger charge is -2.46. The lowest BCUT2D eigenvalue weighted by atomic mass is 9.92. The van der Waals surface area contributed by atoms with Gasteiger partial charge < -0.3 is 25.4 Å². The molecule has 0 atom stereocenters. The normalized spacial score (nSPS) is 17.1. The predicted molar refractivity (Wildman–Crippen MR) is 134 cm³/mol. The molecule has 36 heavy (non-hydrogen) atoms. The Morgan fingerprint density at radius 1 is 1.11 bits per heavy atom. The molecule has 198 valence electrons. The van der Waals surface area contributed by atoms with Crippen molar-refractivity contribution in [3.8, 4) is 0 Å². The van der Waals surface area contributed by atoms with Crippen molar-refractivity contribution in [1.82, 2.24) is 10.2 Å². The lowest BCUT2D eigenvalue weighted by molar-refractivity contribution is -0.0786. The van der Waals surface area contributed by atoms with Crippen LogP contribution in [0.5, 0.6) is 0 Å². The van der Waals surface area contributed by atoms with Gasteiger partial charge in [0.1, 0.15) is 11.4 Å². The summed E-state index contributed by atoms with van der Waals surface area (Å²) in [5, 5.41) is 16.5. The second kappa shape index (κ2) is 12.6. The summed E-state index contributed by atoms with van der Waals surface area (Å²) < 4.78 is 48.2. The number of benzene rings is 2. The highest BCUT2D eigenvalue weighted by molar-refractivity contribution is 6.01. The standard InChI is InChI=1S/C25H30F3N3O3.C2H6/c1-16-2-5-21(20(27)12-16)30-23-18(3-4-19(26)22(23)28)24(32)31-14-25(33,15-31)13-29-9-6-17-7-10-34-11-8-17;1-2/h2-5,12,17,29-30,33H,6-11,13-15H2,1H3;1-2H3. The molecule has 2 saturated heterocycles. The zero-order valence-electron chi connectivity index (χ0n) is 21.2. The number of hydrogen-bond donors (Lipinski definition) is 3. The minimum Gasteiger partial charge on any atom is -0.385 e. The molecule has 0 unspecified atom stereocenters. The monoisotopic (exact) mass is 507 g/mol. The number of β-amino-alcohol motifs (C(OH)–C–C–N with tert-alkyl or cyclic N) is 1. The summed E-state index contributed by atoms with van der Waals surface area (Å²) >= 11 is 0. The van der Waals surface area contributed by atoms with Crippen LogP contribution in [0.3, 0.4) is 0 Å². The Balaban J connectivity index is 0.00000176. The van der Waals surface area contributed by atoms with E-state index in [1.54, 1.807) is 13.0 Å². The van der Waals surface area contributed by atoms with Gasteiger partial charge in [0.05, 0.1) is 30.0 Å². The minimum atomic E-state index is -1.27. The largest absolute Gasteiger partial charge is 0.385 e. The maximum absolute atomic E-state index is 14.6. The molecule has 2 fully saturated rings. The summed E-state index contributed by atoms with van der Waals surface area (Å²) in [6.07, 6.45) is 3.10. The van der Waals surface area contributed by atoms with E-state index < -0.39 is 34.6 Å². The molecule has 0 aliphatic carbocycles. The third-order valence-corrected chi connectivity index (χ3v) is 6.49. The second-order valence-electron chi connectivity index (χ2n) is 9.30. The summed E-state index contributed by atoms with van der Waals surface area (Å²) in [6.45, 7) is 8.51. The number of nitrogens with one attached hydrogen (secondary N) is 2. The first kappa shape index (κ1) is 28.0. The molecule has 0 aromatic heterocycles. The first-order valence-corrected chi connectivity index (χ1v) is 12.6. The van der Waals surface area contributed by atoms with Crippen LogP contribution in [0.15, 0.2) is 30.3 Å². The number of ether oxygens (including phenoxy) is 1. The Morgan fingerprint density at radius 3 is 2.47 bits per heavy atom. The Morgan fingerprint density at radius 2 is 1.81 bits per heavy atom. The van der Waals surface area contributed by atoms with Crippen LogP contribution >= 0.6 is 0 Å². The number of halogens is 3. The van der Waals surface area contributed by atoms with Crippen LogP contribution in [0.25, 0.3) is 0 Å². The van der Waals surface area contributed by atoms with Gasteiger partial charge in [-0.2, -0.15) is 0 Å². The van der Waals surface area contributed by atoms with Crippen molar-refractivity contribution < 1.29 is 27.8 Å². The van der Waals surface area contributed by atoms with Crippen molar-refractivity contribution in [2.45, 2.75) is 45.6 Å². The number of amides is 1. The summed E-state index contributed by atoms with van der Waals surface area (Å²) in [5.74, 6) is -3.02. The topological polar surface area (TPSA) is 73.8 Å². The van der Waals surface area contributed by atoms with Gasteiger partial charge in [-0.15, -0.1) is 0 Å². The van der Waals surface area contributed by atoms with Crippen LogP contribution < -0.4 is 10.6 Å². The van der Waals surface area contributed by atoms with E-state index in [1.165, 1.54) is 23.1 Å². The zero-order valence-corrected chi connectivity index (χ0v) is 21.2. The molecule has 4 rings (SSSR count). The molecule has 9 heteroatoms. The molecule has 2 aliphatic heterocycles. The fourth-order valence-corrected chi connectivity index (χ4v) is 4.46. The van der Waals surface area contributed by atoms with Crippen LogP contribution in [-0.4, -0.2) is 60.9 Å². The molecular weight excluding hydrogens is 471 g/mol. The highest BCUT2D eigenvalue weighted by Gasteiger charge is 2.44.